The van der Waals surface area contributed by atoms with Gasteiger partial charge in [-0.25, -0.2) is 0 Å². The summed E-state index contributed by atoms with van der Waals surface area (Å²) < 4.78 is 15.7. The Kier molecular flexibility index (Phi) is 8.07. The van der Waals surface area contributed by atoms with Gasteiger partial charge in [0.05, 0.1) is 5.75 Å². The van der Waals surface area contributed by atoms with Gasteiger partial charge in [0.25, 0.3) is 0 Å². The number of carbonyl (C=O) groups is 1. The lowest BCUT2D eigenvalue weighted by atomic mass is 10.6. The van der Waals surface area contributed by atoms with E-state index in [1.807, 2.05) is 0 Å². The van der Waals surface area contributed by atoms with Crippen molar-refractivity contribution in [1.29, 1.82) is 0 Å². The van der Waals surface area contributed by atoms with E-state index in [1.54, 1.807) is 21.3 Å². The second-order valence-corrected chi connectivity index (χ2v) is 7.04. The Balaban J connectivity index is 3.67. The fraction of sp³-hybridized carbons (Fsp3) is 0.875. The molecule has 0 aliphatic carbocycles. The van der Waals surface area contributed by atoms with Crippen molar-refractivity contribution in [2.75, 3.05) is 32.8 Å². The molecular weight excluding hydrogens is 236 g/mol. The molecule has 0 amide bonds. The number of carboxylic acids is 1. The predicted octanol–water partition coefficient (Wildman–Crippen LogP) is 1.07. The molecule has 0 radical (unpaired) electrons. The molecular formula is C8H18O5SSi. The predicted molar refractivity (Wildman–Crippen MR) is 61.2 cm³/mol. The second kappa shape index (κ2) is 8.11. The van der Waals surface area contributed by atoms with E-state index >= 15 is 0 Å². The maximum atomic E-state index is 10.2. The second-order valence-electron chi connectivity index (χ2n) is 2.85. The third-order valence-corrected chi connectivity index (χ3v) is 5.79. The van der Waals surface area contributed by atoms with E-state index in [0.29, 0.717) is 6.04 Å². The van der Waals surface area contributed by atoms with Crippen LogP contribution in [0.5, 0.6) is 0 Å². The Labute approximate surface area is 95.5 Å². The van der Waals surface area contributed by atoms with Gasteiger partial charge in [-0.3, -0.25) is 4.79 Å². The standard InChI is InChI=1S/C8H18O5SSi/c1-11-15(12-2,13-3)6-4-5-14-7-8(9)10/h4-7H2,1-3H3,(H,9,10). The Morgan fingerprint density at radius 1 is 1.27 bits per heavy atom. The van der Waals surface area contributed by atoms with Crippen LogP contribution < -0.4 is 0 Å². The molecule has 7 heteroatoms. The van der Waals surface area contributed by atoms with Crippen molar-refractivity contribution in [2.45, 2.75) is 12.5 Å². The molecule has 0 aliphatic rings. The van der Waals surface area contributed by atoms with E-state index in [2.05, 4.69) is 0 Å². The van der Waals surface area contributed by atoms with Gasteiger partial charge < -0.3 is 18.4 Å². The SMILES string of the molecule is CO[Si](CCCSCC(=O)O)(OC)OC. The molecule has 0 spiro atoms. The van der Waals surface area contributed by atoms with Crippen LogP contribution >= 0.6 is 11.8 Å². The minimum Gasteiger partial charge on any atom is -0.481 e. The zero-order valence-electron chi connectivity index (χ0n) is 9.32. The monoisotopic (exact) mass is 254 g/mol. The summed E-state index contributed by atoms with van der Waals surface area (Å²) in [6.07, 6.45) is 0.833. The summed E-state index contributed by atoms with van der Waals surface area (Å²) in [6, 6.07) is 0.711. The number of rotatable bonds is 9. The number of thioether (sulfide) groups is 1. The summed E-state index contributed by atoms with van der Waals surface area (Å²) in [5, 5.41) is 8.42. The van der Waals surface area contributed by atoms with Crippen LogP contribution in [0.15, 0.2) is 0 Å². The molecule has 0 fully saturated rings. The molecule has 0 aromatic rings. The molecule has 1 N–H and O–H groups in total. The molecule has 15 heavy (non-hydrogen) atoms. The molecule has 0 bridgehead atoms. The molecule has 0 rings (SSSR count). The summed E-state index contributed by atoms with van der Waals surface area (Å²) in [5.74, 6) is 0.132. The average molecular weight is 254 g/mol. The minimum absolute atomic E-state index is 0.140. The lowest BCUT2D eigenvalue weighted by Crippen LogP contribution is -2.42. The van der Waals surface area contributed by atoms with E-state index in [9.17, 15) is 4.79 Å². The van der Waals surface area contributed by atoms with Crippen molar-refractivity contribution >= 4 is 26.5 Å². The summed E-state index contributed by atoms with van der Waals surface area (Å²) >= 11 is 1.39. The van der Waals surface area contributed by atoms with Gasteiger partial charge in [-0.15, -0.1) is 0 Å². The van der Waals surface area contributed by atoms with Crippen LogP contribution in [-0.4, -0.2) is 52.7 Å². The van der Waals surface area contributed by atoms with Crippen LogP contribution in [0, 0.1) is 0 Å². The summed E-state index contributed by atoms with van der Waals surface area (Å²) in [5.41, 5.74) is 0. The topological polar surface area (TPSA) is 65.0 Å². The van der Waals surface area contributed by atoms with E-state index in [0.717, 1.165) is 12.2 Å². The van der Waals surface area contributed by atoms with Crippen LogP contribution in [0.3, 0.4) is 0 Å². The molecule has 0 heterocycles. The Morgan fingerprint density at radius 3 is 2.20 bits per heavy atom. The van der Waals surface area contributed by atoms with Crippen LogP contribution in [-0.2, 0) is 18.1 Å². The Morgan fingerprint density at radius 2 is 1.80 bits per heavy atom. The average Bonchev–Trinajstić information content (AvgIpc) is 2.24. The van der Waals surface area contributed by atoms with Crippen molar-refractivity contribution in [3.63, 3.8) is 0 Å². The lowest BCUT2D eigenvalue weighted by Gasteiger charge is -2.23. The van der Waals surface area contributed by atoms with Gasteiger partial charge in [0.2, 0.25) is 0 Å². The summed E-state index contributed by atoms with van der Waals surface area (Å²) in [6.45, 7) is 0. The van der Waals surface area contributed by atoms with Gasteiger partial charge in [0.1, 0.15) is 0 Å². The smallest absolute Gasteiger partial charge is 0.481 e. The zero-order chi connectivity index (χ0) is 11.7. The van der Waals surface area contributed by atoms with E-state index in [4.69, 9.17) is 18.4 Å². The van der Waals surface area contributed by atoms with Crippen molar-refractivity contribution in [2.24, 2.45) is 0 Å². The highest BCUT2D eigenvalue weighted by molar-refractivity contribution is 7.99. The van der Waals surface area contributed by atoms with Crippen LogP contribution in [0.2, 0.25) is 6.04 Å². The molecule has 0 saturated heterocycles. The number of hydrogen-bond donors (Lipinski definition) is 1. The van der Waals surface area contributed by atoms with Crippen molar-refractivity contribution in [3.8, 4) is 0 Å². The van der Waals surface area contributed by atoms with Gasteiger partial charge in [-0.1, -0.05) is 0 Å². The fourth-order valence-electron chi connectivity index (χ4n) is 1.11. The largest absolute Gasteiger partial charge is 0.500 e. The normalized spacial score (nSPS) is 11.7. The van der Waals surface area contributed by atoms with E-state index in [-0.39, 0.29) is 5.75 Å². The molecule has 0 saturated carbocycles. The molecule has 0 unspecified atom stereocenters. The molecule has 0 aliphatic heterocycles. The maximum Gasteiger partial charge on any atom is 0.500 e. The zero-order valence-corrected chi connectivity index (χ0v) is 11.1. The highest BCUT2D eigenvalue weighted by Gasteiger charge is 2.36. The van der Waals surface area contributed by atoms with Gasteiger partial charge in [-0.2, -0.15) is 11.8 Å². The molecule has 0 atom stereocenters. The number of aliphatic carboxylic acids is 1. The van der Waals surface area contributed by atoms with Crippen LogP contribution in [0.1, 0.15) is 6.42 Å². The van der Waals surface area contributed by atoms with Gasteiger partial charge in [0.15, 0.2) is 0 Å². The fourth-order valence-corrected chi connectivity index (χ4v) is 3.75. The number of carboxylic acid groups (broad SMARTS) is 1. The highest BCUT2D eigenvalue weighted by Crippen LogP contribution is 2.17. The Bertz CT molecular complexity index is 178. The molecule has 0 aromatic carbocycles. The van der Waals surface area contributed by atoms with Gasteiger partial charge in [-0.05, 0) is 12.2 Å². The van der Waals surface area contributed by atoms with Crippen molar-refractivity contribution < 1.29 is 23.2 Å². The maximum absolute atomic E-state index is 10.2. The van der Waals surface area contributed by atoms with Crippen molar-refractivity contribution in [1.82, 2.24) is 0 Å². The number of hydrogen-bond acceptors (Lipinski definition) is 5. The molecule has 0 aromatic heterocycles. The first-order valence-corrected chi connectivity index (χ1v) is 7.64. The first kappa shape index (κ1) is 14.9. The molecule has 5 nitrogen and oxygen atoms in total. The first-order valence-electron chi connectivity index (χ1n) is 4.55. The van der Waals surface area contributed by atoms with Crippen LogP contribution in [0.4, 0.5) is 0 Å². The Hall–Kier alpha value is -0.0831. The van der Waals surface area contributed by atoms with Crippen LogP contribution in [0.25, 0.3) is 0 Å². The lowest BCUT2D eigenvalue weighted by molar-refractivity contribution is -0.133. The first-order chi connectivity index (χ1) is 7.10. The van der Waals surface area contributed by atoms with Crippen molar-refractivity contribution in [3.05, 3.63) is 0 Å². The quantitative estimate of drug-likeness (QED) is 0.490. The van der Waals surface area contributed by atoms with E-state index < -0.39 is 14.8 Å². The van der Waals surface area contributed by atoms with Gasteiger partial charge >= 0.3 is 14.8 Å². The van der Waals surface area contributed by atoms with Gasteiger partial charge in [0, 0.05) is 27.4 Å². The third-order valence-electron chi connectivity index (χ3n) is 1.93. The van der Waals surface area contributed by atoms with E-state index in [1.165, 1.54) is 11.8 Å². The highest BCUT2D eigenvalue weighted by atomic mass is 32.2. The summed E-state index contributed by atoms with van der Waals surface area (Å²) in [7, 11) is 2.26. The molecule has 90 valence electrons. The summed E-state index contributed by atoms with van der Waals surface area (Å²) in [4.78, 5) is 10.2. The minimum atomic E-state index is -2.46. The third kappa shape index (κ3) is 6.16.